The number of benzene rings is 1. The average molecular weight is 371 g/mol. The maximum atomic E-state index is 12.2. The predicted molar refractivity (Wildman–Crippen MR) is 67.7 cm³/mol. The van der Waals surface area contributed by atoms with E-state index in [9.17, 15) is 18.0 Å². The van der Waals surface area contributed by atoms with E-state index < -0.39 is 18.5 Å². The van der Waals surface area contributed by atoms with Crippen molar-refractivity contribution in [2.45, 2.75) is 12.6 Å². The predicted octanol–water partition coefficient (Wildman–Crippen LogP) is 2.97. The zero-order valence-corrected chi connectivity index (χ0v) is 11.3. The molecule has 0 fully saturated rings. The van der Waals surface area contributed by atoms with Crippen molar-refractivity contribution in [2.24, 2.45) is 0 Å². The van der Waals surface area contributed by atoms with Gasteiger partial charge < -0.3 is 9.64 Å². The van der Waals surface area contributed by atoms with Gasteiger partial charge in [-0.1, -0.05) is 0 Å². The molecule has 0 unspecified atom stereocenters. The van der Waals surface area contributed by atoms with Gasteiger partial charge in [0.2, 0.25) is 0 Å². The summed E-state index contributed by atoms with van der Waals surface area (Å²) in [6, 6.07) is 5.07. The van der Waals surface area contributed by atoms with Crippen LogP contribution >= 0.6 is 22.6 Å². The highest BCUT2D eigenvalue weighted by Gasteiger charge is 2.32. The molecule has 0 spiro atoms. The number of rotatable bonds is 2. The first-order valence-electron chi connectivity index (χ1n) is 5.16. The molecule has 1 aromatic rings. The summed E-state index contributed by atoms with van der Waals surface area (Å²) in [5.74, 6) is -0.00839. The van der Waals surface area contributed by atoms with Crippen LogP contribution in [-0.2, 0) is 4.79 Å². The first-order chi connectivity index (χ1) is 8.37. The summed E-state index contributed by atoms with van der Waals surface area (Å²) in [6.45, 7) is -0.593. The minimum Gasteiger partial charge on any atom is -0.482 e. The number of hydrogen-bond acceptors (Lipinski definition) is 2. The van der Waals surface area contributed by atoms with E-state index in [-0.39, 0.29) is 13.2 Å². The third-order valence-corrected chi connectivity index (χ3v) is 3.15. The van der Waals surface area contributed by atoms with Gasteiger partial charge in [0.25, 0.3) is 5.91 Å². The molecule has 0 saturated heterocycles. The summed E-state index contributed by atoms with van der Waals surface area (Å²) < 4.78 is 42.7. The Balaban J connectivity index is 2.24. The average Bonchev–Trinajstić information content (AvgIpc) is 2.26. The maximum Gasteiger partial charge on any atom is 0.390 e. The second-order valence-corrected chi connectivity index (χ2v) is 5.06. The Morgan fingerprint density at radius 1 is 1.39 bits per heavy atom. The van der Waals surface area contributed by atoms with Crippen LogP contribution in [-0.4, -0.2) is 25.2 Å². The van der Waals surface area contributed by atoms with E-state index in [0.717, 1.165) is 8.47 Å². The Morgan fingerprint density at radius 3 is 2.78 bits per heavy atom. The highest BCUT2D eigenvalue weighted by atomic mass is 127. The number of alkyl halides is 3. The molecule has 0 aliphatic carbocycles. The van der Waals surface area contributed by atoms with Crippen molar-refractivity contribution in [2.75, 3.05) is 18.1 Å². The third kappa shape index (κ3) is 3.06. The van der Waals surface area contributed by atoms with Crippen LogP contribution in [0.5, 0.6) is 5.75 Å². The number of anilines is 1. The zero-order chi connectivity index (χ0) is 13.3. The number of nitrogens with zero attached hydrogens (tertiary/aromatic N) is 1. The number of carbonyl (C=O) groups excluding carboxylic acids is 1. The number of ether oxygens (including phenoxy) is 1. The molecule has 3 nitrogen and oxygen atoms in total. The Hall–Kier alpha value is -0.990. The van der Waals surface area contributed by atoms with Crippen molar-refractivity contribution >= 4 is 34.2 Å². The number of halogens is 4. The van der Waals surface area contributed by atoms with Crippen molar-refractivity contribution in [3.8, 4) is 5.75 Å². The summed E-state index contributed by atoms with van der Waals surface area (Å²) in [5, 5.41) is 0. The van der Waals surface area contributed by atoms with Crippen molar-refractivity contribution in [3.05, 3.63) is 21.8 Å². The Morgan fingerprint density at radius 2 is 2.11 bits per heavy atom. The minimum atomic E-state index is -4.28. The molecular formula is C11H9F3INO2. The Bertz CT molecular complexity index is 476. The van der Waals surface area contributed by atoms with Crippen molar-refractivity contribution in [3.63, 3.8) is 0 Å². The zero-order valence-electron chi connectivity index (χ0n) is 9.13. The summed E-state index contributed by atoms with van der Waals surface area (Å²) in [5.41, 5.74) is 0.405. The summed E-state index contributed by atoms with van der Waals surface area (Å²) in [6.07, 6.45) is -5.30. The largest absolute Gasteiger partial charge is 0.482 e. The van der Waals surface area contributed by atoms with Crippen LogP contribution in [0.4, 0.5) is 18.9 Å². The summed E-state index contributed by atoms with van der Waals surface area (Å²) in [4.78, 5) is 12.7. The van der Waals surface area contributed by atoms with E-state index in [1.54, 1.807) is 18.2 Å². The van der Waals surface area contributed by atoms with Gasteiger partial charge in [0.05, 0.1) is 12.1 Å². The van der Waals surface area contributed by atoms with Crippen molar-refractivity contribution in [1.82, 2.24) is 0 Å². The summed E-state index contributed by atoms with van der Waals surface area (Å²) in [7, 11) is 0. The topological polar surface area (TPSA) is 29.5 Å². The van der Waals surface area contributed by atoms with Crippen LogP contribution in [0.15, 0.2) is 18.2 Å². The summed E-state index contributed by atoms with van der Waals surface area (Å²) >= 11 is 2.03. The van der Waals surface area contributed by atoms with Gasteiger partial charge in [-0.05, 0) is 40.8 Å². The maximum absolute atomic E-state index is 12.2. The first-order valence-corrected chi connectivity index (χ1v) is 6.24. The lowest BCUT2D eigenvalue weighted by Gasteiger charge is -2.29. The SMILES string of the molecule is O=C1COc2ccc(I)cc2N1CCC(F)(F)F. The van der Waals surface area contributed by atoms with Gasteiger partial charge >= 0.3 is 6.18 Å². The molecule has 1 heterocycles. The molecule has 1 aliphatic rings. The lowest BCUT2D eigenvalue weighted by molar-refractivity contribution is -0.134. The van der Waals surface area contributed by atoms with E-state index in [1.165, 1.54) is 0 Å². The fourth-order valence-electron chi connectivity index (χ4n) is 1.66. The molecule has 0 saturated carbocycles. The van der Waals surface area contributed by atoms with Gasteiger partial charge in [-0.15, -0.1) is 0 Å². The van der Waals surface area contributed by atoms with Crippen LogP contribution in [0.25, 0.3) is 0 Å². The molecule has 1 aromatic carbocycles. The normalized spacial score (nSPS) is 15.3. The molecule has 1 aliphatic heterocycles. The molecule has 0 radical (unpaired) electrons. The molecule has 1 amide bonds. The number of amides is 1. The van der Waals surface area contributed by atoms with E-state index in [1.807, 2.05) is 22.6 Å². The molecule has 18 heavy (non-hydrogen) atoms. The van der Waals surface area contributed by atoms with Gasteiger partial charge in [0.1, 0.15) is 5.75 Å². The van der Waals surface area contributed by atoms with Gasteiger partial charge in [-0.2, -0.15) is 13.2 Å². The second-order valence-electron chi connectivity index (χ2n) is 3.81. The smallest absolute Gasteiger partial charge is 0.390 e. The minimum absolute atomic E-state index is 0.217. The van der Waals surface area contributed by atoms with E-state index in [2.05, 4.69) is 0 Å². The lowest BCUT2D eigenvalue weighted by atomic mass is 10.2. The Kier molecular flexibility index (Phi) is 3.69. The first kappa shape index (κ1) is 13.4. The van der Waals surface area contributed by atoms with Gasteiger partial charge in [-0.3, -0.25) is 4.79 Å². The van der Waals surface area contributed by atoms with Gasteiger partial charge in [-0.25, -0.2) is 0 Å². The van der Waals surface area contributed by atoms with Gasteiger partial charge in [0.15, 0.2) is 6.61 Å². The second kappa shape index (κ2) is 4.94. The lowest BCUT2D eigenvalue weighted by Crippen LogP contribution is -2.40. The van der Waals surface area contributed by atoms with E-state index in [0.29, 0.717) is 11.4 Å². The molecule has 0 N–H and O–H groups in total. The molecular weight excluding hydrogens is 362 g/mol. The van der Waals surface area contributed by atoms with Crippen molar-refractivity contribution in [1.29, 1.82) is 0 Å². The molecule has 0 bridgehead atoms. The van der Waals surface area contributed by atoms with Crippen molar-refractivity contribution < 1.29 is 22.7 Å². The van der Waals surface area contributed by atoms with E-state index >= 15 is 0 Å². The van der Waals surface area contributed by atoms with E-state index in [4.69, 9.17) is 4.74 Å². The standard InChI is InChI=1S/C11H9F3INO2/c12-11(13,14)3-4-16-8-5-7(15)1-2-9(8)18-6-10(16)17/h1-2,5H,3-4,6H2. The highest BCUT2D eigenvalue weighted by molar-refractivity contribution is 14.1. The van der Waals surface area contributed by atoms with Crippen LogP contribution in [0.3, 0.4) is 0 Å². The fourth-order valence-corrected chi connectivity index (χ4v) is 2.13. The highest BCUT2D eigenvalue weighted by Crippen LogP contribution is 2.34. The number of carbonyl (C=O) groups is 1. The molecule has 0 aromatic heterocycles. The van der Waals surface area contributed by atoms with Crippen LogP contribution in [0.2, 0.25) is 0 Å². The fraction of sp³-hybridized carbons (Fsp3) is 0.364. The molecule has 0 atom stereocenters. The number of fused-ring (bicyclic) bond motifs is 1. The third-order valence-electron chi connectivity index (χ3n) is 2.48. The molecule has 98 valence electrons. The Labute approximate surface area is 115 Å². The monoisotopic (exact) mass is 371 g/mol. The molecule has 7 heteroatoms. The number of hydrogen-bond donors (Lipinski definition) is 0. The molecule has 2 rings (SSSR count). The van der Waals surface area contributed by atoms with Crippen LogP contribution < -0.4 is 9.64 Å². The van der Waals surface area contributed by atoms with Crippen LogP contribution in [0.1, 0.15) is 6.42 Å². The van der Waals surface area contributed by atoms with Gasteiger partial charge in [0, 0.05) is 10.1 Å². The quantitative estimate of drug-likeness (QED) is 0.749. The van der Waals surface area contributed by atoms with Crippen LogP contribution in [0, 0.1) is 3.57 Å².